The van der Waals surface area contributed by atoms with E-state index >= 15 is 0 Å². The maximum atomic E-state index is 14.3. The van der Waals surface area contributed by atoms with Gasteiger partial charge < -0.3 is 15.6 Å². The van der Waals surface area contributed by atoms with Gasteiger partial charge in [0.05, 0.1) is 11.3 Å². The summed E-state index contributed by atoms with van der Waals surface area (Å²) in [6, 6.07) is 2.47. The zero-order valence-corrected chi connectivity index (χ0v) is 15.9. The Hall–Kier alpha value is -1.81. The quantitative estimate of drug-likeness (QED) is 0.573. The van der Waals surface area contributed by atoms with Crippen LogP contribution in [0.4, 0.5) is 23.2 Å². The predicted molar refractivity (Wildman–Crippen MR) is 104 cm³/mol. The highest BCUT2D eigenvalue weighted by molar-refractivity contribution is 7.99. The Balaban J connectivity index is 1.74. The number of anilines is 1. The number of H-pyrrole nitrogens is 1. The molecule has 1 saturated heterocycles. The molecule has 1 fully saturated rings. The van der Waals surface area contributed by atoms with E-state index < -0.39 is 30.4 Å². The van der Waals surface area contributed by atoms with Crippen molar-refractivity contribution in [1.82, 2.24) is 15.3 Å². The van der Waals surface area contributed by atoms with E-state index in [-0.39, 0.29) is 23.1 Å². The number of rotatable bonds is 8. The first-order valence-corrected chi connectivity index (χ1v) is 10.2. The van der Waals surface area contributed by atoms with Gasteiger partial charge in [-0.15, -0.1) is 0 Å². The molecule has 1 aliphatic heterocycles. The van der Waals surface area contributed by atoms with Crippen LogP contribution in [-0.2, 0) is 5.75 Å². The first-order chi connectivity index (χ1) is 13.4. The molecule has 0 aliphatic carbocycles. The SMILES string of the molecule is O=c1[nH]c(CSC2CCNCC2)nc2cc(NCC(F)CC(F)F)cc(F)c12. The van der Waals surface area contributed by atoms with Gasteiger partial charge in [-0.1, -0.05) is 0 Å². The highest BCUT2D eigenvalue weighted by Gasteiger charge is 2.17. The Morgan fingerprint density at radius 2 is 2.00 bits per heavy atom. The van der Waals surface area contributed by atoms with Crippen molar-refractivity contribution in [3.05, 3.63) is 34.1 Å². The Morgan fingerprint density at radius 1 is 1.25 bits per heavy atom. The minimum atomic E-state index is -2.75. The van der Waals surface area contributed by atoms with Gasteiger partial charge in [0.2, 0.25) is 6.43 Å². The number of alkyl halides is 3. The van der Waals surface area contributed by atoms with Crippen molar-refractivity contribution in [2.24, 2.45) is 0 Å². The second-order valence-electron chi connectivity index (χ2n) is 6.73. The van der Waals surface area contributed by atoms with Crippen LogP contribution in [0.25, 0.3) is 10.9 Å². The summed E-state index contributed by atoms with van der Waals surface area (Å²) in [5.41, 5.74) is -0.232. The molecule has 1 aromatic carbocycles. The maximum Gasteiger partial charge on any atom is 0.261 e. The molecule has 5 nitrogen and oxygen atoms in total. The maximum absolute atomic E-state index is 14.3. The van der Waals surface area contributed by atoms with Gasteiger partial charge in [-0.05, 0) is 38.1 Å². The number of halogens is 4. The van der Waals surface area contributed by atoms with E-state index in [1.807, 2.05) is 0 Å². The average molecular weight is 418 g/mol. The Bertz CT molecular complexity index is 857. The van der Waals surface area contributed by atoms with Crippen LogP contribution in [0.15, 0.2) is 16.9 Å². The van der Waals surface area contributed by atoms with Crippen LogP contribution in [-0.4, -0.2) is 47.4 Å². The molecule has 10 heteroatoms. The summed E-state index contributed by atoms with van der Waals surface area (Å²) in [6.07, 6.45) is -3.32. The Morgan fingerprint density at radius 3 is 2.71 bits per heavy atom. The summed E-state index contributed by atoms with van der Waals surface area (Å²) >= 11 is 1.69. The van der Waals surface area contributed by atoms with E-state index in [9.17, 15) is 22.4 Å². The molecular formula is C18H22F4N4OS. The lowest BCUT2D eigenvalue weighted by atomic mass is 10.2. The van der Waals surface area contributed by atoms with Gasteiger partial charge in [-0.25, -0.2) is 22.5 Å². The van der Waals surface area contributed by atoms with Crippen molar-refractivity contribution in [3.63, 3.8) is 0 Å². The molecule has 3 N–H and O–H groups in total. The molecule has 3 rings (SSSR count). The molecule has 2 heterocycles. The number of benzene rings is 1. The second-order valence-corrected chi connectivity index (χ2v) is 8.02. The first-order valence-electron chi connectivity index (χ1n) is 9.13. The van der Waals surface area contributed by atoms with Crippen LogP contribution in [0.5, 0.6) is 0 Å². The molecule has 1 aliphatic rings. The van der Waals surface area contributed by atoms with Crippen molar-refractivity contribution < 1.29 is 17.6 Å². The third-order valence-electron chi connectivity index (χ3n) is 4.51. The van der Waals surface area contributed by atoms with Gasteiger partial charge in [0.25, 0.3) is 5.56 Å². The van der Waals surface area contributed by atoms with Crippen LogP contribution in [0.3, 0.4) is 0 Å². The third-order valence-corrected chi connectivity index (χ3v) is 5.90. The molecule has 0 saturated carbocycles. The van der Waals surface area contributed by atoms with E-state index in [1.165, 1.54) is 6.07 Å². The summed E-state index contributed by atoms with van der Waals surface area (Å²) in [5, 5.41) is 6.18. The summed E-state index contributed by atoms with van der Waals surface area (Å²) in [4.78, 5) is 19.2. The predicted octanol–water partition coefficient (Wildman–Crippen LogP) is 3.45. The van der Waals surface area contributed by atoms with Crippen LogP contribution >= 0.6 is 11.8 Å². The highest BCUT2D eigenvalue weighted by atomic mass is 32.2. The molecule has 1 unspecified atom stereocenters. The van der Waals surface area contributed by atoms with E-state index in [1.54, 1.807) is 11.8 Å². The molecule has 1 atom stereocenters. The van der Waals surface area contributed by atoms with Gasteiger partial charge in [0.1, 0.15) is 23.2 Å². The molecule has 0 bridgehead atoms. The smallest absolute Gasteiger partial charge is 0.261 e. The molecular weight excluding hydrogens is 396 g/mol. The van der Waals surface area contributed by atoms with Gasteiger partial charge in [-0.3, -0.25) is 4.79 Å². The van der Waals surface area contributed by atoms with Crippen molar-refractivity contribution in [1.29, 1.82) is 0 Å². The minimum Gasteiger partial charge on any atom is -0.382 e. The van der Waals surface area contributed by atoms with Crippen molar-refractivity contribution >= 4 is 28.4 Å². The van der Waals surface area contributed by atoms with Gasteiger partial charge in [-0.2, -0.15) is 11.8 Å². The number of hydrogen-bond acceptors (Lipinski definition) is 5. The van der Waals surface area contributed by atoms with Crippen LogP contribution in [0, 0.1) is 5.82 Å². The lowest BCUT2D eigenvalue weighted by molar-refractivity contribution is 0.104. The molecule has 154 valence electrons. The second kappa shape index (κ2) is 9.60. The molecule has 0 amide bonds. The largest absolute Gasteiger partial charge is 0.382 e. The Labute approximate surface area is 163 Å². The Kier molecular flexibility index (Phi) is 7.17. The van der Waals surface area contributed by atoms with Crippen LogP contribution in [0.1, 0.15) is 25.1 Å². The fourth-order valence-corrected chi connectivity index (χ4v) is 4.21. The summed E-state index contributed by atoms with van der Waals surface area (Å²) in [6.45, 7) is 1.54. The zero-order valence-electron chi connectivity index (χ0n) is 15.1. The van der Waals surface area contributed by atoms with Gasteiger partial charge in [0, 0.05) is 23.9 Å². The van der Waals surface area contributed by atoms with E-state index in [0.29, 0.717) is 16.8 Å². The van der Waals surface area contributed by atoms with Crippen molar-refractivity contribution in [2.45, 2.75) is 42.9 Å². The minimum absolute atomic E-state index is 0.149. The van der Waals surface area contributed by atoms with E-state index in [0.717, 1.165) is 32.0 Å². The van der Waals surface area contributed by atoms with Crippen LogP contribution in [0.2, 0.25) is 0 Å². The summed E-state index contributed by atoms with van der Waals surface area (Å²) < 4.78 is 52.2. The summed E-state index contributed by atoms with van der Waals surface area (Å²) in [7, 11) is 0. The van der Waals surface area contributed by atoms with E-state index in [4.69, 9.17) is 0 Å². The third kappa shape index (κ3) is 5.60. The molecule has 28 heavy (non-hydrogen) atoms. The number of fused-ring (bicyclic) bond motifs is 1. The first kappa shape index (κ1) is 20.9. The monoisotopic (exact) mass is 418 g/mol. The van der Waals surface area contributed by atoms with Crippen LogP contribution < -0.4 is 16.2 Å². The number of nitrogens with zero attached hydrogens (tertiary/aromatic N) is 1. The number of aromatic amines is 1. The van der Waals surface area contributed by atoms with Crippen molar-refractivity contribution in [3.8, 4) is 0 Å². The van der Waals surface area contributed by atoms with Crippen molar-refractivity contribution in [2.75, 3.05) is 25.0 Å². The zero-order chi connectivity index (χ0) is 20.1. The highest BCUT2D eigenvalue weighted by Crippen LogP contribution is 2.24. The number of hydrogen-bond donors (Lipinski definition) is 3. The number of thioether (sulfide) groups is 1. The summed E-state index contributed by atoms with van der Waals surface area (Å²) in [5.74, 6) is 0.144. The number of piperidine rings is 1. The normalized spacial score (nSPS) is 16.6. The lowest BCUT2D eigenvalue weighted by Gasteiger charge is -2.21. The molecule has 0 radical (unpaired) electrons. The fourth-order valence-electron chi connectivity index (χ4n) is 3.11. The average Bonchev–Trinajstić information content (AvgIpc) is 2.64. The molecule has 1 aromatic heterocycles. The number of aromatic nitrogens is 2. The van der Waals surface area contributed by atoms with Gasteiger partial charge >= 0.3 is 0 Å². The number of nitrogens with one attached hydrogen (secondary N) is 3. The molecule has 0 spiro atoms. The molecule has 2 aromatic rings. The topological polar surface area (TPSA) is 69.8 Å². The van der Waals surface area contributed by atoms with Gasteiger partial charge in [0.15, 0.2) is 0 Å². The van der Waals surface area contributed by atoms with E-state index in [2.05, 4.69) is 20.6 Å². The fraction of sp³-hybridized carbons (Fsp3) is 0.556. The lowest BCUT2D eigenvalue weighted by Crippen LogP contribution is -2.29. The standard InChI is InChI=1S/C18H22F4N4OS/c19-10(5-15(21)22)8-24-11-6-13(20)17-14(7-11)25-16(26-18(17)27)9-28-12-1-3-23-4-2-12/h6-7,10,12,15,23-24H,1-5,8-9H2,(H,25,26,27).